The molecule has 0 aliphatic rings. The van der Waals surface area contributed by atoms with Crippen LogP contribution in [0.3, 0.4) is 0 Å². The smallest absolute Gasteiger partial charge is 0.244 e. The Morgan fingerprint density at radius 2 is 1.83 bits per heavy atom. The van der Waals surface area contributed by atoms with Crippen LogP contribution in [0.4, 0.5) is 0 Å². The number of hydrogen-bond donors (Lipinski definition) is 2. The lowest BCUT2D eigenvalue weighted by Crippen LogP contribution is -2.19. The van der Waals surface area contributed by atoms with Crippen LogP contribution in [-0.2, 0) is 11.2 Å². The first-order valence-electron chi connectivity index (χ1n) is 7.30. The fourth-order valence-corrected chi connectivity index (χ4v) is 2.44. The van der Waals surface area contributed by atoms with E-state index in [1.54, 1.807) is 24.3 Å². The lowest BCUT2D eigenvalue weighted by Gasteiger charge is -2.05. The van der Waals surface area contributed by atoms with Crippen LogP contribution in [0.1, 0.15) is 11.1 Å². The summed E-state index contributed by atoms with van der Waals surface area (Å²) < 4.78 is 0. The van der Waals surface area contributed by atoms with Gasteiger partial charge >= 0.3 is 0 Å². The molecule has 3 aromatic rings. The van der Waals surface area contributed by atoms with Crippen LogP contribution in [0.25, 0.3) is 10.8 Å². The summed E-state index contributed by atoms with van der Waals surface area (Å²) >= 11 is 0. The number of benzene rings is 3. The van der Waals surface area contributed by atoms with E-state index in [1.165, 1.54) is 6.21 Å². The lowest BCUT2D eigenvalue weighted by molar-refractivity contribution is -0.120. The Balaban J connectivity index is 1.67. The number of hydrazone groups is 1. The van der Waals surface area contributed by atoms with Gasteiger partial charge in [-0.25, -0.2) is 5.43 Å². The first kappa shape index (κ1) is 14.8. The Morgan fingerprint density at radius 1 is 1.04 bits per heavy atom. The first-order valence-corrected chi connectivity index (χ1v) is 7.30. The van der Waals surface area contributed by atoms with Crippen molar-refractivity contribution in [3.8, 4) is 5.75 Å². The molecule has 4 heteroatoms. The average Bonchev–Trinajstić information content (AvgIpc) is 2.55. The van der Waals surface area contributed by atoms with Crippen molar-refractivity contribution in [1.82, 2.24) is 5.43 Å². The van der Waals surface area contributed by atoms with Crippen molar-refractivity contribution in [2.24, 2.45) is 5.10 Å². The van der Waals surface area contributed by atoms with E-state index >= 15 is 0 Å². The Hall–Kier alpha value is -3.14. The van der Waals surface area contributed by atoms with E-state index in [2.05, 4.69) is 10.5 Å². The van der Waals surface area contributed by atoms with E-state index in [4.69, 9.17) is 0 Å². The number of hydrogen-bond acceptors (Lipinski definition) is 3. The largest absolute Gasteiger partial charge is 0.508 e. The van der Waals surface area contributed by atoms with E-state index in [1.807, 2.05) is 42.5 Å². The number of phenols is 1. The number of aromatic hydroxyl groups is 1. The molecule has 1 amide bonds. The molecule has 0 spiro atoms. The quantitative estimate of drug-likeness (QED) is 0.574. The molecule has 0 fully saturated rings. The van der Waals surface area contributed by atoms with Crippen LogP contribution in [0, 0.1) is 0 Å². The second kappa shape index (κ2) is 6.75. The van der Waals surface area contributed by atoms with Crippen LogP contribution in [-0.4, -0.2) is 17.2 Å². The zero-order valence-electron chi connectivity index (χ0n) is 12.4. The number of phenolic OH excluding ortho intramolecular Hbond substituents is 1. The maximum absolute atomic E-state index is 12.0. The van der Waals surface area contributed by atoms with Gasteiger partial charge in [-0.05, 0) is 34.0 Å². The molecule has 4 nitrogen and oxygen atoms in total. The van der Waals surface area contributed by atoms with E-state index < -0.39 is 0 Å². The molecular weight excluding hydrogens is 288 g/mol. The molecule has 0 saturated heterocycles. The van der Waals surface area contributed by atoms with Gasteiger partial charge in [0.2, 0.25) is 5.91 Å². The topological polar surface area (TPSA) is 61.7 Å². The van der Waals surface area contributed by atoms with Crippen molar-refractivity contribution in [3.05, 3.63) is 77.9 Å². The van der Waals surface area contributed by atoms with E-state index in [9.17, 15) is 9.90 Å². The van der Waals surface area contributed by atoms with Crippen LogP contribution >= 0.6 is 0 Å². The highest BCUT2D eigenvalue weighted by Crippen LogP contribution is 2.18. The summed E-state index contributed by atoms with van der Waals surface area (Å²) in [6.07, 6.45) is 1.76. The van der Waals surface area contributed by atoms with Crippen molar-refractivity contribution < 1.29 is 9.90 Å². The highest BCUT2D eigenvalue weighted by atomic mass is 16.3. The summed E-state index contributed by atoms with van der Waals surface area (Å²) in [4.78, 5) is 12.0. The predicted molar refractivity (Wildman–Crippen MR) is 91.5 cm³/mol. The van der Waals surface area contributed by atoms with Crippen LogP contribution < -0.4 is 5.43 Å². The molecule has 0 bridgehead atoms. The van der Waals surface area contributed by atoms with Crippen LogP contribution in [0.2, 0.25) is 0 Å². The third kappa shape index (κ3) is 3.74. The molecule has 0 heterocycles. The lowest BCUT2D eigenvalue weighted by atomic mass is 10.0. The summed E-state index contributed by atoms with van der Waals surface area (Å²) in [5, 5.41) is 15.5. The van der Waals surface area contributed by atoms with Crippen molar-refractivity contribution in [2.45, 2.75) is 6.42 Å². The Bertz CT molecular complexity index is 867. The third-order valence-corrected chi connectivity index (χ3v) is 3.50. The second-order valence-electron chi connectivity index (χ2n) is 5.20. The van der Waals surface area contributed by atoms with Crippen molar-refractivity contribution in [2.75, 3.05) is 0 Å². The zero-order chi connectivity index (χ0) is 16.1. The summed E-state index contributed by atoms with van der Waals surface area (Å²) in [6.45, 7) is 0. The van der Waals surface area contributed by atoms with E-state index in [-0.39, 0.29) is 18.1 Å². The highest BCUT2D eigenvalue weighted by molar-refractivity contribution is 5.90. The predicted octanol–water partition coefficient (Wildman–Crippen LogP) is 3.24. The minimum absolute atomic E-state index is 0.163. The molecule has 0 aromatic heterocycles. The van der Waals surface area contributed by atoms with Gasteiger partial charge in [0, 0.05) is 0 Å². The number of nitrogens with zero attached hydrogens (tertiary/aromatic N) is 1. The number of nitrogens with one attached hydrogen (secondary N) is 1. The van der Waals surface area contributed by atoms with Gasteiger partial charge in [-0.2, -0.15) is 5.10 Å². The molecule has 0 aliphatic carbocycles. The molecule has 0 saturated carbocycles. The number of fused-ring (bicyclic) bond motifs is 1. The molecule has 3 rings (SSSR count). The third-order valence-electron chi connectivity index (χ3n) is 3.50. The number of amides is 1. The maximum Gasteiger partial charge on any atom is 0.244 e. The van der Waals surface area contributed by atoms with Gasteiger partial charge < -0.3 is 5.11 Å². The Kier molecular flexibility index (Phi) is 4.34. The standard InChI is InChI=1S/C19H16N2O2/c22-17-9-3-5-14(11-17)13-20-21-19(23)12-16-8-4-7-15-6-1-2-10-18(15)16/h1-11,13,22H,12H2,(H,21,23). The van der Waals surface area contributed by atoms with E-state index in [0.717, 1.165) is 21.9 Å². The molecule has 0 radical (unpaired) electrons. The van der Waals surface area contributed by atoms with Crippen molar-refractivity contribution >= 4 is 22.9 Å². The molecule has 3 aromatic carbocycles. The average molecular weight is 304 g/mol. The van der Waals surface area contributed by atoms with Gasteiger partial charge in [0.25, 0.3) is 0 Å². The highest BCUT2D eigenvalue weighted by Gasteiger charge is 2.05. The van der Waals surface area contributed by atoms with Gasteiger partial charge in [-0.3, -0.25) is 4.79 Å². The number of carbonyl (C=O) groups is 1. The molecule has 2 N–H and O–H groups in total. The minimum Gasteiger partial charge on any atom is -0.508 e. The van der Waals surface area contributed by atoms with Crippen LogP contribution in [0.15, 0.2) is 71.8 Å². The normalized spacial score (nSPS) is 11.0. The fraction of sp³-hybridized carbons (Fsp3) is 0.0526. The SMILES string of the molecule is O=C(Cc1cccc2ccccc12)NN=Cc1cccc(O)c1. The number of rotatable bonds is 4. The van der Waals surface area contributed by atoms with E-state index in [0.29, 0.717) is 0 Å². The van der Waals surface area contributed by atoms with Gasteiger partial charge in [-0.1, -0.05) is 54.6 Å². The van der Waals surface area contributed by atoms with Gasteiger partial charge in [0.05, 0.1) is 12.6 Å². The molecule has 0 unspecified atom stereocenters. The first-order chi connectivity index (χ1) is 11.2. The molecular formula is C19H16N2O2. The van der Waals surface area contributed by atoms with Gasteiger partial charge in [0.15, 0.2) is 0 Å². The molecule has 114 valence electrons. The Labute approximate surface area is 134 Å². The summed E-state index contributed by atoms with van der Waals surface area (Å²) in [7, 11) is 0. The Morgan fingerprint density at radius 3 is 2.70 bits per heavy atom. The maximum atomic E-state index is 12.0. The summed E-state index contributed by atoms with van der Waals surface area (Å²) in [5.74, 6) is -0.0196. The zero-order valence-corrected chi connectivity index (χ0v) is 12.4. The molecule has 23 heavy (non-hydrogen) atoms. The van der Waals surface area contributed by atoms with Crippen molar-refractivity contribution in [3.63, 3.8) is 0 Å². The summed E-state index contributed by atoms with van der Waals surface area (Å²) in [5.41, 5.74) is 4.20. The minimum atomic E-state index is -0.183. The van der Waals surface area contributed by atoms with Crippen molar-refractivity contribution in [1.29, 1.82) is 0 Å². The molecule has 0 atom stereocenters. The van der Waals surface area contributed by atoms with Gasteiger partial charge in [-0.15, -0.1) is 0 Å². The molecule has 0 aliphatic heterocycles. The second-order valence-corrected chi connectivity index (χ2v) is 5.20. The van der Waals surface area contributed by atoms with Crippen LogP contribution in [0.5, 0.6) is 5.75 Å². The van der Waals surface area contributed by atoms with Gasteiger partial charge in [0.1, 0.15) is 5.75 Å². The fourth-order valence-electron chi connectivity index (χ4n) is 2.44. The monoisotopic (exact) mass is 304 g/mol. The number of carbonyl (C=O) groups excluding carboxylic acids is 1. The summed E-state index contributed by atoms with van der Waals surface area (Å²) in [6, 6.07) is 20.5.